The van der Waals surface area contributed by atoms with E-state index < -0.39 is 9.85 Å². The number of nitro groups is 2. The summed E-state index contributed by atoms with van der Waals surface area (Å²) in [5, 5.41) is 34.4. The summed E-state index contributed by atoms with van der Waals surface area (Å²) in [6, 6.07) is 5.33. The number of carbonyl (C=O) groups excluding carboxylic acids is 4. The van der Waals surface area contributed by atoms with Crippen LogP contribution in [0, 0.1) is 20.2 Å². The molecule has 0 radical (unpaired) electrons. The molecule has 0 saturated carbocycles. The Morgan fingerprint density at radius 1 is 0.500 bits per heavy atom. The van der Waals surface area contributed by atoms with Crippen molar-refractivity contribution < 1.29 is 57.4 Å². The highest BCUT2D eigenvalue weighted by Crippen LogP contribution is 2.31. The summed E-state index contributed by atoms with van der Waals surface area (Å²) >= 11 is 5.26. The molecule has 1 aliphatic heterocycles. The molecule has 0 fully saturated rings. The van der Waals surface area contributed by atoms with E-state index in [0.29, 0.717) is 97.7 Å². The molecular weight excluding hydrogens is 893 g/mol. The van der Waals surface area contributed by atoms with Crippen molar-refractivity contribution in [3.8, 4) is 11.5 Å². The second-order valence-electron chi connectivity index (χ2n) is 13.0. The number of hydrogen-bond acceptors (Lipinski definition) is 18. The zero-order valence-corrected chi connectivity index (χ0v) is 38.0. The Bertz CT molecular complexity index is 1550. The lowest BCUT2D eigenvalue weighted by molar-refractivity contribution is -0.385. The van der Waals surface area contributed by atoms with Crippen LogP contribution in [0.25, 0.3) is 0 Å². The Labute approximate surface area is 376 Å². The van der Waals surface area contributed by atoms with Gasteiger partial charge in [-0.05, 0) is 12.8 Å². The largest absolute Gasteiger partial charge is 0.496 e. The summed E-state index contributed by atoms with van der Waals surface area (Å²) in [5.74, 6) is 1.63. The monoisotopic (exact) mass is 946 g/mol. The van der Waals surface area contributed by atoms with Gasteiger partial charge in [0.2, 0.25) is 23.6 Å². The molecule has 24 heteroatoms. The number of nitrogens with zero attached hydrogens (tertiary/aromatic N) is 2. The van der Waals surface area contributed by atoms with Gasteiger partial charge >= 0.3 is 0 Å². The van der Waals surface area contributed by atoms with Gasteiger partial charge in [0.05, 0.1) is 72.2 Å². The molecule has 0 spiro atoms. The molecule has 2 aromatic rings. The Morgan fingerprint density at radius 3 is 1.11 bits per heavy atom. The van der Waals surface area contributed by atoms with Crippen LogP contribution in [0.1, 0.15) is 35.1 Å². The van der Waals surface area contributed by atoms with E-state index in [0.717, 1.165) is 0 Å². The van der Waals surface area contributed by atoms with E-state index in [4.69, 9.17) is 28.4 Å². The third-order valence-corrected chi connectivity index (χ3v) is 11.8. The first-order chi connectivity index (χ1) is 30.0. The zero-order chi connectivity index (χ0) is 45.0. The van der Waals surface area contributed by atoms with E-state index >= 15 is 0 Å². The summed E-state index contributed by atoms with van der Waals surface area (Å²) in [5.41, 5.74) is 1.17. The van der Waals surface area contributed by atoms with Crippen LogP contribution < -0.4 is 30.7 Å². The van der Waals surface area contributed by atoms with E-state index in [2.05, 4.69) is 21.3 Å². The first-order valence-corrected chi connectivity index (χ1v) is 24.0. The summed E-state index contributed by atoms with van der Waals surface area (Å²) in [6.07, 6.45) is 1.23. The van der Waals surface area contributed by atoms with E-state index in [1.807, 2.05) is 0 Å². The predicted octanol–water partition coefficient (Wildman–Crippen LogP) is 3.39. The van der Waals surface area contributed by atoms with Crippen LogP contribution in [0.3, 0.4) is 0 Å². The highest BCUT2D eigenvalue weighted by molar-refractivity contribution is 8.00. The van der Waals surface area contributed by atoms with Crippen LogP contribution in [0.5, 0.6) is 11.5 Å². The minimum Gasteiger partial charge on any atom is -0.496 e. The number of benzene rings is 2. The SMILES string of the molecule is COc1c2cc([N+](=O)[O-])cc1CNC(=O)CSCOCCCOCCSCC(=O)NCc1cc([N+](=O)[O-])cc(c1OC)CNC(=O)CSCOCCCOCCSCC(=O)NC2. The second kappa shape index (κ2) is 30.9. The highest BCUT2D eigenvalue weighted by atomic mass is 32.2. The summed E-state index contributed by atoms with van der Waals surface area (Å²) < 4.78 is 33.5. The molecule has 4 amide bonds. The maximum absolute atomic E-state index is 12.6. The van der Waals surface area contributed by atoms with E-state index in [9.17, 15) is 39.4 Å². The number of hydrogen-bond donors (Lipinski definition) is 4. The van der Waals surface area contributed by atoms with Gasteiger partial charge in [-0.1, -0.05) is 0 Å². The molecular formula is C38H54N6O14S4. The van der Waals surface area contributed by atoms with Gasteiger partial charge in [-0.2, -0.15) is 0 Å². The normalized spacial score (nSPS) is 18.2. The minimum absolute atomic E-state index is 0.0169. The number of fused-ring (bicyclic) bond motifs is 4. The average Bonchev–Trinajstić information content (AvgIpc) is 3.25. The van der Waals surface area contributed by atoms with Crippen molar-refractivity contribution in [1.82, 2.24) is 21.3 Å². The first-order valence-electron chi connectivity index (χ1n) is 19.4. The third kappa shape index (κ3) is 20.9. The van der Waals surface area contributed by atoms with Gasteiger partial charge < -0.3 is 49.7 Å². The third-order valence-electron chi connectivity index (χ3n) is 8.35. The van der Waals surface area contributed by atoms with Crippen LogP contribution in [-0.2, 0) is 64.3 Å². The number of thioether (sulfide) groups is 4. The smallest absolute Gasteiger partial charge is 0.270 e. The number of ether oxygens (including phenoxy) is 6. The average molecular weight is 947 g/mol. The van der Waals surface area contributed by atoms with Gasteiger partial charge in [0.25, 0.3) is 11.4 Å². The molecule has 62 heavy (non-hydrogen) atoms. The van der Waals surface area contributed by atoms with Crippen LogP contribution in [0.2, 0.25) is 0 Å². The highest BCUT2D eigenvalue weighted by Gasteiger charge is 2.20. The van der Waals surface area contributed by atoms with Gasteiger partial charge in [-0.25, -0.2) is 0 Å². The molecule has 0 aromatic heterocycles. The van der Waals surface area contributed by atoms with E-state index in [1.54, 1.807) is 0 Å². The fourth-order valence-electron chi connectivity index (χ4n) is 5.51. The molecule has 3 rings (SSSR count). The van der Waals surface area contributed by atoms with Crippen LogP contribution in [-0.4, -0.2) is 134 Å². The summed E-state index contributed by atoms with van der Waals surface area (Å²) in [7, 11) is 2.83. The van der Waals surface area contributed by atoms with Crippen LogP contribution >= 0.6 is 47.0 Å². The van der Waals surface area contributed by atoms with Crippen molar-refractivity contribution in [3.63, 3.8) is 0 Å². The standard InChI is InChI=1S/C38H54N6O14S4/c1-53-37-27-13-31(43(49)50)15-29(37)19-41-35(47)23-61-25-57-7-3-6-56-10-12-60-22-34(46)40-18-28-14-32(44(51)52)16-30(38(28)54-2)20-42-36(48)24-62-26-58-8-4-5-55-9-11-59-21-33(45)39-17-27/h13-16H,3-12,17-26H2,1-2H3,(H,39,45)(H,40,46)(H,41,47)(H,42,48). The number of non-ortho nitro benzene ring substituents is 2. The van der Waals surface area contributed by atoms with Gasteiger partial charge in [-0.15, -0.1) is 47.0 Å². The molecule has 0 saturated heterocycles. The Hall–Kier alpha value is -4.04. The lowest BCUT2D eigenvalue weighted by Gasteiger charge is -2.15. The number of rotatable bonds is 4. The summed E-state index contributed by atoms with van der Waals surface area (Å²) in [4.78, 5) is 72.6. The number of methoxy groups -OCH3 is 2. The topological polar surface area (TPSA) is 258 Å². The predicted molar refractivity (Wildman–Crippen MR) is 239 cm³/mol. The molecule has 2 aromatic carbocycles. The maximum atomic E-state index is 12.6. The quantitative estimate of drug-likeness (QED) is 0.253. The molecule has 0 unspecified atom stereocenters. The molecule has 4 N–H and O–H groups in total. The molecule has 1 heterocycles. The number of amides is 4. The number of nitro benzene ring substituents is 2. The fraction of sp³-hybridized carbons (Fsp3) is 0.579. The molecule has 0 aliphatic carbocycles. The van der Waals surface area contributed by atoms with Crippen molar-refractivity contribution in [3.05, 3.63) is 66.7 Å². The van der Waals surface area contributed by atoms with Gasteiger partial charge in [-0.3, -0.25) is 39.4 Å². The maximum Gasteiger partial charge on any atom is 0.270 e. The van der Waals surface area contributed by atoms with Crippen molar-refractivity contribution in [1.29, 1.82) is 0 Å². The minimum atomic E-state index is -0.544. The van der Waals surface area contributed by atoms with Crippen molar-refractivity contribution in [2.24, 2.45) is 0 Å². The Kier molecular flexibility index (Phi) is 26.1. The molecule has 1 aliphatic rings. The van der Waals surface area contributed by atoms with Crippen molar-refractivity contribution in [2.45, 2.75) is 39.0 Å². The van der Waals surface area contributed by atoms with Crippen molar-refractivity contribution >= 4 is 82.1 Å². The zero-order valence-electron chi connectivity index (χ0n) is 34.7. The Morgan fingerprint density at radius 2 is 0.806 bits per heavy atom. The fourth-order valence-corrected chi connectivity index (χ4v) is 8.06. The van der Waals surface area contributed by atoms with Crippen molar-refractivity contribution in [2.75, 3.05) is 100 Å². The second-order valence-corrected chi connectivity index (χ2v) is 17.1. The number of nitrogens with one attached hydrogen (secondary N) is 4. The van der Waals surface area contributed by atoms with Gasteiger partial charge in [0, 0.05) is 111 Å². The lowest BCUT2D eigenvalue weighted by atomic mass is 10.1. The lowest BCUT2D eigenvalue weighted by Crippen LogP contribution is -2.27. The van der Waals surface area contributed by atoms with Gasteiger partial charge in [0.15, 0.2) is 0 Å². The van der Waals surface area contributed by atoms with Gasteiger partial charge in [0.1, 0.15) is 11.5 Å². The van der Waals surface area contributed by atoms with E-state index in [-0.39, 0.29) is 96.1 Å². The van der Waals surface area contributed by atoms with Crippen LogP contribution in [0.4, 0.5) is 11.4 Å². The molecule has 0 atom stereocenters. The number of carbonyl (C=O) groups is 4. The van der Waals surface area contributed by atoms with E-state index in [1.165, 1.54) is 85.5 Å². The summed E-state index contributed by atoms with van der Waals surface area (Å²) in [6.45, 7) is 2.42. The molecule has 20 nitrogen and oxygen atoms in total. The Balaban J connectivity index is 1.53. The molecule has 344 valence electrons. The van der Waals surface area contributed by atoms with Crippen LogP contribution in [0.15, 0.2) is 24.3 Å². The first kappa shape index (κ1) is 52.3. The molecule has 4 bridgehead atoms.